The molecular weight excluding hydrogens is 422 g/mol. The van der Waals surface area contributed by atoms with E-state index in [4.69, 9.17) is 4.42 Å². The van der Waals surface area contributed by atoms with Crippen LogP contribution in [0.15, 0.2) is 46.2 Å². The average Bonchev–Trinajstić information content (AvgIpc) is 3.38. The maximum atomic E-state index is 12.6. The van der Waals surface area contributed by atoms with Gasteiger partial charge in [0.05, 0.1) is 18.6 Å². The molecule has 0 bridgehead atoms. The molecule has 2 unspecified atom stereocenters. The van der Waals surface area contributed by atoms with Crippen molar-refractivity contribution in [3.05, 3.63) is 53.5 Å². The lowest BCUT2D eigenvalue weighted by atomic mass is 9.92. The molecule has 7 nitrogen and oxygen atoms in total. The summed E-state index contributed by atoms with van der Waals surface area (Å²) in [6.45, 7) is 11.1. The number of thioether (sulfide) groups is 1. The number of benzene rings is 1. The SMILES string of the molecule is Cc1ccc(NC(=O)CSc2nnc(N3CC(C)CC(C)C3)n2Cc2ccco2)c(C)c1. The molecule has 1 N–H and O–H groups in total. The van der Waals surface area contributed by atoms with Crippen LogP contribution in [0.4, 0.5) is 11.6 Å². The van der Waals surface area contributed by atoms with Crippen molar-refractivity contribution in [1.29, 1.82) is 0 Å². The molecule has 1 amide bonds. The molecule has 1 aliphatic rings. The number of carbonyl (C=O) groups is 1. The first-order valence-electron chi connectivity index (χ1n) is 11.1. The van der Waals surface area contributed by atoms with Gasteiger partial charge in [0.2, 0.25) is 11.9 Å². The molecule has 1 aromatic carbocycles. The number of aryl methyl sites for hydroxylation is 2. The van der Waals surface area contributed by atoms with Gasteiger partial charge in [-0.05, 0) is 55.9 Å². The lowest BCUT2D eigenvalue weighted by molar-refractivity contribution is -0.113. The fourth-order valence-corrected chi connectivity index (χ4v) is 5.15. The summed E-state index contributed by atoms with van der Waals surface area (Å²) >= 11 is 1.40. The summed E-state index contributed by atoms with van der Waals surface area (Å²) < 4.78 is 7.66. The molecule has 3 heterocycles. The van der Waals surface area contributed by atoms with Crippen molar-refractivity contribution >= 4 is 29.3 Å². The van der Waals surface area contributed by atoms with Gasteiger partial charge < -0.3 is 14.6 Å². The predicted molar refractivity (Wildman–Crippen MR) is 128 cm³/mol. The summed E-state index contributed by atoms with van der Waals surface area (Å²) in [6, 6.07) is 9.85. The zero-order valence-corrected chi connectivity index (χ0v) is 20.0. The van der Waals surface area contributed by atoms with E-state index in [9.17, 15) is 4.79 Å². The van der Waals surface area contributed by atoms with E-state index in [0.29, 0.717) is 18.4 Å². The summed E-state index contributed by atoms with van der Waals surface area (Å²) in [6.07, 6.45) is 2.90. The van der Waals surface area contributed by atoms with Gasteiger partial charge in [-0.3, -0.25) is 9.36 Å². The number of carbonyl (C=O) groups excluding carboxylic acids is 1. The molecule has 2 aromatic heterocycles. The van der Waals surface area contributed by atoms with E-state index < -0.39 is 0 Å². The molecule has 8 heteroatoms. The largest absolute Gasteiger partial charge is 0.467 e. The van der Waals surface area contributed by atoms with Crippen LogP contribution in [0.2, 0.25) is 0 Å². The van der Waals surface area contributed by atoms with Crippen molar-refractivity contribution in [2.45, 2.75) is 45.8 Å². The van der Waals surface area contributed by atoms with Crippen LogP contribution in [0.1, 0.15) is 37.2 Å². The van der Waals surface area contributed by atoms with Crippen molar-refractivity contribution in [1.82, 2.24) is 14.8 Å². The number of piperidine rings is 1. The minimum absolute atomic E-state index is 0.0590. The van der Waals surface area contributed by atoms with Crippen LogP contribution in [-0.4, -0.2) is 39.5 Å². The van der Waals surface area contributed by atoms with Gasteiger partial charge in [0, 0.05) is 18.8 Å². The number of anilines is 2. The van der Waals surface area contributed by atoms with E-state index in [2.05, 4.69) is 44.9 Å². The van der Waals surface area contributed by atoms with E-state index in [-0.39, 0.29) is 11.7 Å². The van der Waals surface area contributed by atoms with Gasteiger partial charge >= 0.3 is 0 Å². The minimum Gasteiger partial charge on any atom is -0.467 e. The first-order valence-corrected chi connectivity index (χ1v) is 12.1. The molecular formula is C24H31N5O2S. The van der Waals surface area contributed by atoms with Crippen LogP contribution < -0.4 is 10.2 Å². The minimum atomic E-state index is -0.0590. The quantitative estimate of drug-likeness (QED) is 0.520. The second-order valence-corrected chi connectivity index (χ2v) is 9.90. The molecule has 1 aliphatic heterocycles. The van der Waals surface area contributed by atoms with Crippen LogP contribution in [0.25, 0.3) is 0 Å². The molecule has 1 fully saturated rings. The zero-order chi connectivity index (χ0) is 22.7. The van der Waals surface area contributed by atoms with Crippen molar-refractivity contribution < 1.29 is 9.21 Å². The third-order valence-electron chi connectivity index (χ3n) is 5.73. The number of nitrogens with zero attached hydrogens (tertiary/aromatic N) is 4. The number of hydrogen-bond acceptors (Lipinski definition) is 6. The topological polar surface area (TPSA) is 76.2 Å². The second-order valence-electron chi connectivity index (χ2n) is 8.95. The highest BCUT2D eigenvalue weighted by molar-refractivity contribution is 7.99. The van der Waals surface area contributed by atoms with Gasteiger partial charge in [0.25, 0.3) is 0 Å². The summed E-state index contributed by atoms with van der Waals surface area (Å²) in [5.74, 6) is 3.09. The van der Waals surface area contributed by atoms with Crippen LogP contribution in [0.5, 0.6) is 0 Å². The van der Waals surface area contributed by atoms with Crippen LogP contribution in [-0.2, 0) is 11.3 Å². The van der Waals surface area contributed by atoms with E-state index in [0.717, 1.165) is 41.2 Å². The lowest BCUT2D eigenvalue weighted by Gasteiger charge is -2.35. The third-order valence-corrected chi connectivity index (χ3v) is 6.70. The number of amides is 1. The Kier molecular flexibility index (Phi) is 6.89. The Morgan fingerprint density at radius 2 is 1.97 bits per heavy atom. The maximum absolute atomic E-state index is 12.6. The number of nitrogens with one attached hydrogen (secondary N) is 1. The van der Waals surface area contributed by atoms with Gasteiger partial charge in [-0.15, -0.1) is 10.2 Å². The molecule has 1 saturated heterocycles. The van der Waals surface area contributed by atoms with Crippen LogP contribution in [0.3, 0.4) is 0 Å². The first kappa shape index (κ1) is 22.5. The Morgan fingerprint density at radius 3 is 2.66 bits per heavy atom. The van der Waals surface area contributed by atoms with Crippen molar-refractivity contribution in [2.75, 3.05) is 29.1 Å². The molecule has 0 saturated carbocycles. The van der Waals surface area contributed by atoms with Crippen LogP contribution in [0, 0.1) is 25.7 Å². The zero-order valence-electron chi connectivity index (χ0n) is 19.2. The Balaban J connectivity index is 1.50. The molecule has 170 valence electrons. The van der Waals surface area contributed by atoms with Crippen molar-refractivity contribution in [3.8, 4) is 0 Å². The summed E-state index contributed by atoms with van der Waals surface area (Å²) in [5.41, 5.74) is 3.07. The number of aromatic nitrogens is 3. The predicted octanol–water partition coefficient (Wildman–Crippen LogP) is 4.75. The second kappa shape index (κ2) is 9.81. The third kappa shape index (κ3) is 5.35. The van der Waals surface area contributed by atoms with E-state index in [1.54, 1.807) is 6.26 Å². The Hall–Kier alpha value is -2.74. The molecule has 3 aromatic rings. The number of rotatable bonds is 7. The van der Waals surface area contributed by atoms with Gasteiger partial charge in [0.1, 0.15) is 5.76 Å². The molecule has 32 heavy (non-hydrogen) atoms. The van der Waals surface area contributed by atoms with Crippen molar-refractivity contribution in [3.63, 3.8) is 0 Å². The Bertz CT molecular complexity index is 1050. The lowest BCUT2D eigenvalue weighted by Crippen LogP contribution is -2.40. The van der Waals surface area contributed by atoms with Gasteiger partial charge in [0.15, 0.2) is 5.16 Å². The highest BCUT2D eigenvalue weighted by Gasteiger charge is 2.27. The number of furan rings is 1. The van der Waals surface area contributed by atoms with Gasteiger partial charge in [-0.2, -0.15) is 0 Å². The normalized spacial score (nSPS) is 18.7. The Labute approximate surface area is 193 Å². The van der Waals surface area contributed by atoms with E-state index in [1.165, 1.54) is 23.7 Å². The number of hydrogen-bond donors (Lipinski definition) is 1. The van der Waals surface area contributed by atoms with Crippen LogP contribution >= 0.6 is 11.8 Å². The average molecular weight is 454 g/mol. The highest BCUT2D eigenvalue weighted by atomic mass is 32.2. The fraction of sp³-hybridized carbons (Fsp3) is 0.458. The summed E-state index contributed by atoms with van der Waals surface area (Å²) in [4.78, 5) is 14.9. The molecule has 0 aliphatic carbocycles. The highest BCUT2D eigenvalue weighted by Crippen LogP contribution is 2.29. The summed E-state index contributed by atoms with van der Waals surface area (Å²) in [5, 5.41) is 12.7. The molecule has 2 atom stereocenters. The van der Waals surface area contributed by atoms with Gasteiger partial charge in [-0.25, -0.2) is 0 Å². The fourth-order valence-electron chi connectivity index (χ4n) is 4.41. The smallest absolute Gasteiger partial charge is 0.234 e. The molecule has 4 rings (SSSR count). The van der Waals surface area contributed by atoms with E-state index >= 15 is 0 Å². The van der Waals surface area contributed by atoms with Crippen molar-refractivity contribution in [2.24, 2.45) is 11.8 Å². The van der Waals surface area contributed by atoms with E-state index in [1.807, 2.05) is 38.1 Å². The maximum Gasteiger partial charge on any atom is 0.234 e. The Morgan fingerprint density at radius 1 is 1.19 bits per heavy atom. The summed E-state index contributed by atoms with van der Waals surface area (Å²) in [7, 11) is 0. The molecule has 0 radical (unpaired) electrons. The molecule has 0 spiro atoms. The first-order chi connectivity index (χ1) is 15.4. The van der Waals surface area contributed by atoms with Gasteiger partial charge in [-0.1, -0.05) is 43.3 Å². The monoisotopic (exact) mass is 453 g/mol. The standard InChI is InChI=1S/C24H31N5O2S/c1-16-7-8-21(19(4)11-16)25-22(30)15-32-24-27-26-23(28-12-17(2)10-18(3)13-28)29(24)14-20-6-5-9-31-20/h5-9,11,17-18H,10,12-15H2,1-4H3,(H,25,30).